The molecule has 0 aliphatic carbocycles. The van der Waals surface area contributed by atoms with Crippen molar-refractivity contribution < 1.29 is 13.2 Å². The second-order valence-corrected chi connectivity index (χ2v) is 3.50. The number of nitrogens with one attached hydrogen (secondary N) is 2. The second kappa shape index (κ2) is 11.6. The Kier molecular flexibility index (Phi) is 12.8. The summed E-state index contributed by atoms with van der Waals surface area (Å²) in [6.45, 7) is 7.17. The van der Waals surface area contributed by atoms with Gasteiger partial charge >= 0.3 is 6.18 Å². The summed E-state index contributed by atoms with van der Waals surface area (Å²) in [5.41, 5.74) is 0. The average molecular weight is 379 g/mol. The average Bonchev–Trinajstić information content (AvgIpc) is 2.23. The fourth-order valence-corrected chi connectivity index (χ4v) is 1.14. The molecule has 0 saturated heterocycles. The van der Waals surface area contributed by atoms with Crippen LogP contribution in [-0.4, -0.2) is 31.8 Å². The molecule has 0 aliphatic rings. The minimum atomic E-state index is -4.06. The van der Waals surface area contributed by atoms with Crippen molar-refractivity contribution in [3.8, 4) is 0 Å². The van der Waals surface area contributed by atoms with Gasteiger partial charge in [0.15, 0.2) is 5.96 Å². The van der Waals surface area contributed by atoms with Crippen LogP contribution in [0.15, 0.2) is 17.6 Å². The Balaban J connectivity index is 0. The summed E-state index contributed by atoms with van der Waals surface area (Å²) < 4.78 is 35.6. The van der Waals surface area contributed by atoms with Crippen LogP contribution in [0.4, 0.5) is 13.2 Å². The normalized spacial score (nSPS) is 11.7. The summed E-state index contributed by atoms with van der Waals surface area (Å²) in [4.78, 5) is 4.15. The van der Waals surface area contributed by atoms with E-state index in [1.807, 2.05) is 6.92 Å². The summed E-state index contributed by atoms with van der Waals surface area (Å²) in [6, 6.07) is 0. The van der Waals surface area contributed by atoms with Crippen LogP contribution in [0.25, 0.3) is 0 Å². The maximum Gasteiger partial charge on any atom is 0.389 e. The highest BCUT2D eigenvalue weighted by molar-refractivity contribution is 14.0. The number of aliphatic imine (C=N–C) groups is 1. The van der Waals surface area contributed by atoms with Gasteiger partial charge in [0.05, 0.1) is 0 Å². The smallest absolute Gasteiger partial charge is 0.357 e. The maximum atomic E-state index is 11.9. The lowest BCUT2D eigenvalue weighted by Gasteiger charge is -2.09. The molecular weight excluding hydrogens is 358 g/mol. The van der Waals surface area contributed by atoms with Crippen molar-refractivity contribution in [3.63, 3.8) is 0 Å². The molecule has 0 aromatic rings. The first-order valence-electron chi connectivity index (χ1n) is 5.69. The van der Waals surface area contributed by atoms with Crippen molar-refractivity contribution in [2.75, 3.05) is 19.6 Å². The van der Waals surface area contributed by atoms with Gasteiger partial charge in [0.1, 0.15) is 0 Å². The third-order valence-corrected chi connectivity index (χ3v) is 1.90. The first-order valence-corrected chi connectivity index (χ1v) is 5.69. The first-order chi connectivity index (χ1) is 7.99. The highest BCUT2D eigenvalue weighted by atomic mass is 127. The van der Waals surface area contributed by atoms with Crippen LogP contribution in [0.2, 0.25) is 0 Å². The van der Waals surface area contributed by atoms with Crippen LogP contribution >= 0.6 is 24.0 Å². The van der Waals surface area contributed by atoms with Crippen molar-refractivity contribution in [1.82, 2.24) is 10.6 Å². The van der Waals surface area contributed by atoms with Crippen LogP contribution in [-0.2, 0) is 0 Å². The summed E-state index contributed by atoms with van der Waals surface area (Å²) in [5.74, 6) is 0.611. The molecule has 18 heavy (non-hydrogen) atoms. The standard InChI is InChI=1S/C11H20F3N3.HI/c1-3-8-16-10(15-4-2)17-9-6-5-7-11(12,13)14;/h3H,1,4-9H2,2H3,(H2,15,16,17);1H. The minimum absolute atomic E-state index is 0. The zero-order valence-corrected chi connectivity index (χ0v) is 12.8. The van der Waals surface area contributed by atoms with Crippen LogP contribution in [0.1, 0.15) is 26.2 Å². The van der Waals surface area contributed by atoms with E-state index in [1.165, 1.54) is 0 Å². The highest BCUT2D eigenvalue weighted by Gasteiger charge is 2.25. The number of nitrogens with zero attached hydrogens (tertiary/aromatic N) is 1. The Morgan fingerprint density at radius 2 is 1.94 bits per heavy atom. The van der Waals surface area contributed by atoms with Gasteiger partial charge in [0.25, 0.3) is 0 Å². The zero-order chi connectivity index (χ0) is 13.1. The first kappa shape index (κ1) is 19.9. The van der Waals surface area contributed by atoms with Crippen LogP contribution < -0.4 is 10.6 Å². The number of halogens is 4. The summed E-state index contributed by atoms with van der Waals surface area (Å²) in [7, 11) is 0. The van der Waals surface area contributed by atoms with Gasteiger partial charge in [-0.05, 0) is 19.8 Å². The van der Waals surface area contributed by atoms with Crippen molar-refractivity contribution >= 4 is 29.9 Å². The predicted molar refractivity (Wildman–Crippen MR) is 79.5 cm³/mol. The van der Waals surface area contributed by atoms with Crippen molar-refractivity contribution in [2.24, 2.45) is 4.99 Å². The lowest BCUT2D eigenvalue weighted by molar-refractivity contribution is -0.135. The molecule has 0 atom stereocenters. The van der Waals surface area contributed by atoms with E-state index in [-0.39, 0.29) is 30.4 Å². The summed E-state index contributed by atoms with van der Waals surface area (Å²) >= 11 is 0. The SMILES string of the molecule is C=CCNC(=NCCCCC(F)(F)F)NCC.I. The molecule has 2 N–H and O–H groups in total. The number of alkyl halides is 3. The Hall–Kier alpha value is -0.470. The van der Waals surface area contributed by atoms with E-state index in [2.05, 4.69) is 22.2 Å². The van der Waals surface area contributed by atoms with Gasteiger partial charge in [-0.3, -0.25) is 4.99 Å². The van der Waals surface area contributed by atoms with Crippen molar-refractivity contribution in [2.45, 2.75) is 32.4 Å². The molecule has 0 radical (unpaired) electrons. The zero-order valence-electron chi connectivity index (χ0n) is 10.5. The third-order valence-electron chi connectivity index (χ3n) is 1.90. The van der Waals surface area contributed by atoms with E-state index >= 15 is 0 Å². The number of hydrogen-bond donors (Lipinski definition) is 2. The molecule has 0 unspecified atom stereocenters. The van der Waals surface area contributed by atoms with E-state index in [0.717, 1.165) is 0 Å². The maximum absolute atomic E-state index is 11.9. The Morgan fingerprint density at radius 1 is 1.28 bits per heavy atom. The number of unbranched alkanes of at least 4 members (excludes halogenated alkanes) is 1. The number of hydrogen-bond acceptors (Lipinski definition) is 1. The predicted octanol–water partition coefficient (Wildman–Crippen LogP) is 3.08. The second-order valence-electron chi connectivity index (χ2n) is 3.50. The Bertz CT molecular complexity index is 242. The van der Waals surface area contributed by atoms with Gasteiger partial charge in [-0.15, -0.1) is 30.6 Å². The van der Waals surface area contributed by atoms with Crippen LogP contribution in [0, 0.1) is 0 Å². The van der Waals surface area contributed by atoms with Crippen molar-refractivity contribution in [3.05, 3.63) is 12.7 Å². The number of guanidine groups is 1. The monoisotopic (exact) mass is 379 g/mol. The Labute approximate surface area is 123 Å². The van der Waals surface area contributed by atoms with Crippen molar-refractivity contribution in [1.29, 1.82) is 0 Å². The van der Waals surface area contributed by atoms with E-state index in [9.17, 15) is 13.2 Å². The van der Waals surface area contributed by atoms with Gasteiger partial charge in [-0.2, -0.15) is 13.2 Å². The molecule has 0 aromatic heterocycles. The molecular formula is C11H21F3IN3. The van der Waals surface area contributed by atoms with E-state index in [4.69, 9.17) is 0 Å². The van der Waals surface area contributed by atoms with E-state index in [1.54, 1.807) is 6.08 Å². The highest BCUT2D eigenvalue weighted by Crippen LogP contribution is 2.21. The third kappa shape index (κ3) is 13.6. The molecule has 0 heterocycles. The molecule has 7 heteroatoms. The molecule has 108 valence electrons. The van der Waals surface area contributed by atoms with Gasteiger partial charge in [0.2, 0.25) is 0 Å². The molecule has 3 nitrogen and oxygen atoms in total. The molecule has 0 saturated carbocycles. The fraction of sp³-hybridized carbons (Fsp3) is 0.727. The van der Waals surface area contributed by atoms with Gasteiger partial charge < -0.3 is 10.6 Å². The largest absolute Gasteiger partial charge is 0.389 e. The minimum Gasteiger partial charge on any atom is -0.357 e. The molecule has 0 amide bonds. The molecule has 0 bridgehead atoms. The molecule has 0 aliphatic heterocycles. The Morgan fingerprint density at radius 3 is 2.44 bits per heavy atom. The molecule has 0 fully saturated rings. The molecule has 0 spiro atoms. The quantitative estimate of drug-likeness (QED) is 0.235. The van der Waals surface area contributed by atoms with Crippen LogP contribution in [0.3, 0.4) is 0 Å². The molecule has 0 aromatic carbocycles. The van der Waals surface area contributed by atoms with E-state index < -0.39 is 12.6 Å². The molecule has 0 rings (SSSR count). The lowest BCUT2D eigenvalue weighted by Crippen LogP contribution is -2.37. The lowest BCUT2D eigenvalue weighted by atomic mass is 10.2. The summed E-state index contributed by atoms with van der Waals surface area (Å²) in [6.07, 6.45) is -2.55. The van der Waals surface area contributed by atoms with Gasteiger partial charge in [-0.25, -0.2) is 0 Å². The van der Waals surface area contributed by atoms with Gasteiger partial charge in [0, 0.05) is 26.1 Å². The summed E-state index contributed by atoms with van der Waals surface area (Å²) in [5, 5.41) is 5.97. The van der Waals surface area contributed by atoms with E-state index in [0.29, 0.717) is 32.0 Å². The van der Waals surface area contributed by atoms with Crippen LogP contribution in [0.5, 0.6) is 0 Å². The fourth-order valence-electron chi connectivity index (χ4n) is 1.14. The van der Waals surface area contributed by atoms with Gasteiger partial charge in [-0.1, -0.05) is 6.08 Å². The number of rotatable bonds is 7. The topological polar surface area (TPSA) is 36.4 Å².